The van der Waals surface area contributed by atoms with Crippen LogP contribution in [0.15, 0.2) is 6.20 Å². The molecule has 1 aromatic rings. The standard InChI is InChI=1S/C11H21N3/c1-5-11-10(8-14(4)13-11)6-7-12-9(2)3/h8-9,12H,5-7H2,1-4H3. The third-order valence-electron chi connectivity index (χ3n) is 2.27. The first kappa shape index (κ1) is 11.2. The van der Waals surface area contributed by atoms with Crippen LogP contribution in [0.2, 0.25) is 0 Å². The van der Waals surface area contributed by atoms with Gasteiger partial charge in [0.15, 0.2) is 0 Å². The van der Waals surface area contributed by atoms with Crippen LogP contribution in [-0.2, 0) is 19.9 Å². The van der Waals surface area contributed by atoms with Gasteiger partial charge in [-0.05, 0) is 24.9 Å². The van der Waals surface area contributed by atoms with Crippen molar-refractivity contribution in [3.8, 4) is 0 Å². The van der Waals surface area contributed by atoms with Crippen molar-refractivity contribution in [2.24, 2.45) is 7.05 Å². The Morgan fingerprint density at radius 3 is 2.79 bits per heavy atom. The van der Waals surface area contributed by atoms with E-state index in [9.17, 15) is 0 Å². The molecule has 0 saturated heterocycles. The average Bonchev–Trinajstić information content (AvgIpc) is 2.45. The zero-order chi connectivity index (χ0) is 10.6. The van der Waals surface area contributed by atoms with Gasteiger partial charge >= 0.3 is 0 Å². The Morgan fingerprint density at radius 2 is 2.21 bits per heavy atom. The molecule has 0 unspecified atom stereocenters. The van der Waals surface area contributed by atoms with Crippen LogP contribution in [0.5, 0.6) is 0 Å². The van der Waals surface area contributed by atoms with Crippen LogP contribution in [0, 0.1) is 0 Å². The van der Waals surface area contributed by atoms with Crippen LogP contribution in [0.25, 0.3) is 0 Å². The molecule has 1 aromatic heterocycles. The lowest BCUT2D eigenvalue weighted by Gasteiger charge is -2.06. The summed E-state index contributed by atoms with van der Waals surface area (Å²) in [7, 11) is 1.98. The molecule has 0 aliphatic carbocycles. The van der Waals surface area contributed by atoms with E-state index in [0.717, 1.165) is 19.4 Å². The monoisotopic (exact) mass is 195 g/mol. The van der Waals surface area contributed by atoms with Gasteiger partial charge in [-0.3, -0.25) is 4.68 Å². The molecule has 80 valence electrons. The van der Waals surface area contributed by atoms with Gasteiger partial charge in [-0.15, -0.1) is 0 Å². The van der Waals surface area contributed by atoms with Crippen molar-refractivity contribution in [1.82, 2.24) is 15.1 Å². The van der Waals surface area contributed by atoms with E-state index in [1.807, 2.05) is 11.7 Å². The molecule has 0 fully saturated rings. The molecule has 0 radical (unpaired) electrons. The van der Waals surface area contributed by atoms with Gasteiger partial charge in [0.25, 0.3) is 0 Å². The first-order valence-corrected chi connectivity index (χ1v) is 5.38. The van der Waals surface area contributed by atoms with Crippen molar-refractivity contribution in [2.75, 3.05) is 6.54 Å². The van der Waals surface area contributed by atoms with Crippen molar-refractivity contribution in [1.29, 1.82) is 0 Å². The van der Waals surface area contributed by atoms with Crippen LogP contribution in [0.3, 0.4) is 0 Å². The SMILES string of the molecule is CCc1nn(C)cc1CCNC(C)C. The molecule has 1 heterocycles. The number of rotatable bonds is 5. The van der Waals surface area contributed by atoms with Crippen LogP contribution in [0.4, 0.5) is 0 Å². The largest absolute Gasteiger partial charge is 0.314 e. The first-order valence-electron chi connectivity index (χ1n) is 5.38. The van der Waals surface area contributed by atoms with Gasteiger partial charge in [0.2, 0.25) is 0 Å². The smallest absolute Gasteiger partial charge is 0.0654 e. The Bertz CT molecular complexity index is 276. The summed E-state index contributed by atoms with van der Waals surface area (Å²) >= 11 is 0. The minimum absolute atomic E-state index is 0.566. The summed E-state index contributed by atoms with van der Waals surface area (Å²) in [4.78, 5) is 0. The Hall–Kier alpha value is -0.830. The van der Waals surface area contributed by atoms with Crippen molar-refractivity contribution >= 4 is 0 Å². The van der Waals surface area contributed by atoms with Crippen LogP contribution < -0.4 is 5.32 Å². The molecule has 3 heteroatoms. The Balaban J connectivity index is 2.48. The maximum atomic E-state index is 4.42. The summed E-state index contributed by atoms with van der Waals surface area (Å²) in [5, 5.41) is 7.83. The molecule has 0 amide bonds. The number of nitrogens with one attached hydrogen (secondary N) is 1. The minimum atomic E-state index is 0.566. The lowest BCUT2D eigenvalue weighted by Crippen LogP contribution is -2.25. The lowest BCUT2D eigenvalue weighted by atomic mass is 10.1. The van der Waals surface area contributed by atoms with Crippen molar-refractivity contribution in [3.63, 3.8) is 0 Å². The molecule has 0 aliphatic heterocycles. The topological polar surface area (TPSA) is 29.9 Å². The molecule has 0 bridgehead atoms. The van der Waals surface area contributed by atoms with Crippen LogP contribution in [-0.4, -0.2) is 22.4 Å². The first-order chi connectivity index (χ1) is 6.63. The van der Waals surface area contributed by atoms with Gasteiger partial charge < -0.3 is 5.32 Å². The van der Waals surface area contributed by atoms with Gasteiger partial charge in [-0.25, -0.2) is 0 Å². The molecular weight excluding hydrogens is 174 g/mol. The summed E-state index contributed by atoms with van der Waals surface area (Å²) in [6.07, 6.45) is 4.23. The van der Waals surface area contributed by atoms with E-state index in [2.05, 4.69) is 37.4 Å². The highest BCUT2D eigenvalue weighted by atomic mass is 15.2. The second-order valence-electron chi connectivity index (χ2n) is 3.99. The molecule has 0 atom stereocenters. The molecule has 0 saturated carbocycles. The fourth-order valence-corrected chi connectivity index (χ4v) is 1.59. The molecule has 0 aliphatic rings. The number of aryl methyl sites for hydroxylation is 2. The third-order valence-corrected chi connectivity index (χ3v) is 2.27. The Kier molecular flexibility index (Phi) is 4.14. The predicted molar refractivity (Wildman–Crippen MR) is 59.4 cm³/mol. The van der Waals surface area contributed by atoms with Crippen molar-refractivity contribution < 1.29 is 0 Å². The molecule has 1 N–H and O–H groups in total. The van der Waals surface area contributed by atoms with E-state index in [-0.39, 0.29) is 0 Å². The molecule has 14 heavy (non-hydrogen) atoms. The summed E-state index contributed by atoms with van der Waals surface area (Å²) in [6, 6.07) is 0.566. The van der Waals surface area contributed by atoms with Crippen molar-refractivity contribution in [2.45, 2.75) is 39.7 Å². The third kappa shape index (κ3) is 3.14. The van der Waals surface area contributed by atoms with Crippen LogP contribution in [0.1, 0.15) is 32.0 Å². The maximum Gasteiger partial charge on any atom is 0.0654 e. The van der Waals surface area contributed by atoms with E-state index in [1.165, 1.54) is 11.3 Å². The predicted octanol–water partition coefficient (Wildman–Crippen LogP) is 1.52. The fourth-order valence-electron chi connectivity index (χ4n) is 1.59. The number of hydrogen-bond acceptors (Lipinski definition) is 2. The van der Waals surface area contributed by atoms with E-state index in [0.29, 0.717) is 6.04 Å². The Morgan fingerprint density at radius 1 is 1.50 bits per heavy atom. The van der Waals surface area contributed by atoms with E-state index in [1.54, 1.807) is 0 Å². The second kappa shape index (κ2) is 5.15. The highest BCUT2D eigenvalue weighted by Gasteiger charge is 2.05. The number of aromatic nitrogens is 2. The molecule has 3 nitrogen and oxygen atoms in total. The quantitative estimate of drug-likeness (QED) is 0.772. The van der Waals surface area contributed by atoms with Gasteiger partial charge in [0, 0.05) is 19.3 Å². The zero-order valence-corrected chi connectivity index (χ0v) is 9.67. The second-order valence-corrected chi connectivity index (χ2v) is 3.99. The number of hydrogen-bond donors (Lipinski definition) is 1. The molecule has 0 spiro atoms. The summed E-state index contributed by atoms with van der Waals surface area (Å²) in [5.41, 5.74) is 2.61. The van der Waals surface area contributed by atoms with E-state index < -0.39 is 0 Å². The minimum Gasteiger partial charge on any atom is -0.314 e. The summed E-state index contributed by atoms with van der Waals surface area (Å²) < 4.78 is 1.91. The molecule has 0 aromatic carbocycles. The van der Waals surface area contributed by atoms with Gasteiger partial charge in [0.1, 0.15) is 0 Å². The highest BCUT2D eigenvalue weighted by molar-refractivity contribution is 5.17. The highest BCUT2D eigenvalue weighted by Crippen LogP contribution is 2.07. The molecule has 1 rings (SSSR count). The summed E-state index contributed by atoms with van der Waals surface area (Å²) in [5.74, 6) is 0. The summed E-state index contributed by atoms with van der Waals surface area (Å²) in [6.45, 7) is 7.53. The fraction of sp³-hybridized carbons (Fsp3) is 0.727. The zero-order valence-electron chi connectivity index (χ0n) is 9.67. The Labute approximate surface area is 86.5 Å². The lowest BCUT2D eigenvalue weighted by molar-refractivity contribution is 0.589. The number of nitrogens with zero attached hydrogens (tertiary/aromatic N) is 2. The molecular formula is C11H21N3. The van der Waals surface area contributed by atoms with Crippen molar-refractivity contribution in [3.05, 3.63) is 17.5 Å². The van der Waals surface area contributed by atoms with Crippen LogP contribution >= 0.6 is 0 Å². The van der Waals surface area contributed by atoms with E-state index >= 15 is 0 Å². The van der Waals surface area contributed by atoms with Gasteiger partial charge in [-0.2, -0.15) is 5.10 Å². The normalized spacial score (nSPS) is 11.2. The van der Waals surface area contributed by atoms with Gasteiger partial charge in [-0.1, -0.05) is 20.8 Å². The van der Waals surface area contributed by atoms with Gasteiger partial charge in [0.05, 0.1) is 5.69 Å². The van der Waals surface area contributed by atoms with E-state index in [4.69, 9.17) is 0 Å². The average molecular weight is 195 g/mol. The maximum absolute atomic E-state index is 4.42.